The van der Waals surface area contributed by atoms with Crippen LogP contribution < -0.4 is 15.8 Å². The number of imidazole rings is 1. The van der Waals surface area contributed by atoms with Gasteiger partial charge in [-0.05, 0) is 74.0 Å². The first-order chi connectivity index (χ1) is 14.8. The van der Waals surface area contributed by atoms with Crippen molar-refractivity contribution in [1.29, 1.82) is 0 Å². The van der Waals surface area contributed by atoms with Crippen molar-refractivity contribution in [3.8, 4) is 11.5 Å². The first kappa shape index (κ1) is 21.0. The highest BCUT2D eigenvalue weighted by atomic mass is 35.5. The third-order valence-corrected chi connectivity index (χ3v) is 4.99. The molecule has 7 heteroatoms. The van der Waals surface area contributed by atoms with Crippen LogP contribution in [0.5, 0.6) is 11.5 Å². The maximum Gasteiger partial charge on any atom is 0.204 e. The number of ether oxygens (including phenoxy) is 1. The van der Waals surface area contributed by atoms with Crippen LogP contribution in [0.3, 0.4) is 0 Å². The van der Waals surface area contributed by atoms with Crippen molar-refractivity contribution in [3.63, 3.8) is 0 Å². The molecule has 3 aromatic carbocycles. The van der Waals surface area contributed by atoms with Crippen LogP contribution in [0.4, 0.5) is 11.6 Å². The summed E-state index contributed by atoms with van der Waals surface area (Å²) in [4.78, 5) is 4.68. The number of nitrogens with one attached hydrogen (secondary N) is 1. The van der Waals surface area contributed by atoms with E-state index in [0.717, 1.165) is 28.1 Å². The summed E-state index contributed by atoms with van der Waals surface area (Å²) in [6.45, 7) is 4.51. The number of aromatic nitrogens is 2. The molecule has 0 saturated carbocycles. The summed E-state index contributed by atoms with van der Waals surface area (Å²) in [5.74, 6) is 2.16. The van der Waals surface area contributed by atoms with E-state index in [4.69, 9.17) is 22.1 Å². The number of fused-ring (bicyclic) bond motifs is 1. The van der Waals surface area contributed by atoms with E-state index in [1.54, 1.807) is 26.0 Å². The topological polar surface area (TPSA) is 85.3 Å². The highest BCUT2D eigenvalue weighted by molar-refractivity contribution is 6.30. The molecule has 0 amide bonds. The fraction of sp³-hybridized carbons (Fsp3) is 0.208. The molecular formula is C24H25ClN4O2. The van der Waals surface area contributed by atoms with Crippen molar-refractivity contribution < 1.29 is 9.84 Å². The number of hydrogen-bond acceptors (Lipinski definition) is 5. The lowest BCUT2D eigenvalue weighted by molar-refractivity contribution is 0.0632. The van der Waals surface area contributed by atoms with Gasteiger partial charge in [0.1, 0.15) is 11.5 Å². The van der Waals surface area contributed by atoms with Gasteiger partial charge in [0.15, 0.2) is 0 Å². The molecule has 1 heterocycles. The second-order valence-corrected chi connectivity index (χ2v) is 8.57. The average Bonchev–Trinajstić information content (AvgIpc) is 3.04. The summed E-state index contributed by atoms with van der Waals surface area (Å²) < 4.78 is 7.80. The lowest BCUT2D eigenvalue weighted by Gasteiger charge is -2.20. The van der Waals surface area contributed by atoms with Crippen LogP contribution in [0.15, 0.2) is 66.7 Å². The number of aliphatic hydroxyl groups is 1. The van der Waals surface area contributed by atoms with E-state index in [1.807, 2.05) is 59.2 Å². The van der Waals surface area contributed by atoms with E-state index in [0.29, 0.717) is 29.7 Å². The fourth-order valence-corrected chi connectivity index (χ4v) is 3.44. The van der Waals surface area contributed by atoms with Gasteiger partial charge in [0.25, 0.3) is 0 Å². The molecular weight excluding hydrogens is 412 g/mol. The number of anilines is 2. The number of nitrogens with two attached hydrogens (primary N) is 1. The van der Waals surface area contributed by atoms with Crippen LogP contribution in [0, 0.1) is 0 Å². The van der Waals surface area contributed by atoms with E-state index in [-0.39, 0.29) is 0 Å². The van der Waals surface area contributed by atoms with Crippen molar-refractivity contribution in [2.24, 2.45) is 0 Å². The number of rotatable bonds is 7. The van der Waals surface area contributed by atoms with Crippen molar-refractivity contribution in [3.05, 3.63) is 77.3 Å². The summed E-state index contributed by atoms with van der Waals surface area (Å²) in [6, 6.07) is 20.7. The molecule has 4 aromatic rings. The van der Waals surface area contributed by atoms with E-state index >= 15 is 0 Å². The molecule has 160 valence electrons. The summed E-state index contributed by atoms with van der Waals surface area (Å²) in [5, 5.41) is 14.4. The molecule has 4 rings (SSSR count). The van der Waals surface area contributed by atoms with Gasteiger partial charge in [-0.3, -0.25) is 0 Å². The fourth-order valence-electron chi connectivity index (χ4n) is 3.32. The summed E-state index contributed by atoms with van der Waals surface area (Å²) in [7, 11) is 0. The Morgan fingerprint density at radius 3 is 2.32 bits per heavy atom. The lowest BCUT2D eigenvalue weighted by Crippen LogP contribution is -2.27. The van der Waals surface area contributed by atoms with Crippen LogP contribution in [-0.4, -0.2) is 20.3 Å². The van der Waals surface area contributed by atoms with Crippen LogP contribution in [0.2, 0.25) is 5.02 Å². The van der Waals surface area contributed by atoms with E-state index < -0.39 is 5.60 Å². The Hall–Kier alpha value is -3.22. The highest BCUT2D eigenvalue weighted by Gasteiger charge is 2.19. The molecule has 0 atom stereocenters. The van der Waals surface area contributed by atoms with Gasteiger partial charge in [-0.1, -0.05) is 23.7 Å². The largest absolute Gasteiger partial charge is 0.457 e. The molecule has 0 aliphatic heterocycles. The van der Waals surface area contributed by atoms with E-state index in [9.17, 15) is 5.11 Å². The number of benzene rings is 3. The number of nitrogen functional groups attached to an aromatic ring is 1. The van der Waals surface area contributed by atoms with Crippen LogP contribution in [0.25, 0.3) is 11.0 Å². The van der Waals surface area contributed by atoms with Gasteiger partial charge in [-0.2, -0.15) is 0 Å². The predicted octanol–water partition coefficient (Wildman–Crippen LogP) is 5.45. The third-order valence-electron chi connectivity index (χ3n) is 4.74. The van der Waals surface area contributed by atoms with Crippen molar-refractivity contribution in [2.75, 3.05) is 11.1 Å². The monoisotopic (exact) mass is 436 g/mol. The molecule has 0 radical (unpaired) electrons. The normalized spacial score (nSPS) is 11.6. The molecule has 1 aromatic heterocycles. The number of halogens is 1. The summed E-state index contributed by atoms with van der Waals surface area (Å²) >= 11 is 5.91. The van der Waals surface area contributed by atoms with E-state index in [2.05, 4.69) is 10.3 Å². The Kier molecular flexibility index (Phi) is 5.76. The maximum atomic E-state index is 10.4. The molecule has 0 aliphatic carbocycles. The molecule has 31 heavy (non-hydrogen) atoms. The summed E-state index contributed by atoms with van der Waals surface area (Å²) in [6.07, 6.45) is 0. The van der Waals surface area contributed by atoms with Crippen LogP contribution >= 0.6 is 11.6 Å². The van der Waals surface area contributed by atoms with Crippen molar-refractivity contribution in [1.82, 2.24) is 9.55 Å². The lowest BCUT2D eigenvalue weighted by atomic mass is 10.1. The Morgan fingerprint density at radius 2 is 1.68 bits per heavy atom. The molecule has 0 bridgehead atoms. The average molecular weight is 437 g/mol. The van der Waals surface area contributed by atoms with Gasteiger partial charge >= 0.3 is 0 Å². The first-order valence-corrected chi connectivity index (χ1v) is 10.4. The van der Waals surface area contributed by atoms with Gasteiger partial charge in [0.05, 0.1) is 23.2 Å². The molecule has 0 aliphatic rings. The minimum Gasteiger partial charge on any atom is -0.457 e. The summed E-state index contributed by atoms with van der Waals surface area (Å²) in [5.41, 5.74) is 8.52. The minimum atomic E-state index is -0.894. The quantitative estimate of drug-likeness (QED) is 0.335. The molecule has 0 spiro atoms. The molecule has 0 saturated heterocycles. The van der Waals surface area contributed by atoms with Gasteiger partial charge in [0.2, 0.25) is 5.95 Å². The molecule has 6 nitrogen and oxygen atoms in total. The molecule has 0 unspecified atom stereocenters. The van der Waals surface area contributed by atoms with Gasteiger partial charge in [-0.15, -0.1) is 0 Å². The maximum absolute atomic E-state index is 10.4. The zero-order chi connectivity index (χ0) is 22.0. The standard InChI is InChI=1S/C24H25ClN4O2/c1-24(2,30)15-29-22-13-18(26)7-12-21(22)28-23(29)27-14-16-3-8-19(9-4-16)31-20-10-5-17(25)6-11-20/h3-13,30H,14-15,26H2,1-2H3,(H,27,28). The Bertz CT molecular complexity index is 1180. The van der Waals surface area contributed by atoms with Gasteiger partial charge in [0, 0.05) is 17.3 Å². The third kappa shape index (κ3) is 5.29. The Morgan fingerprint density at radius 1 is 1.03 bits per heavy atom. The van der Waals surface area contributed by atoms with Gasteiger partial charge < -0.3 is 25.5 Å². The second-order valence-electron chi connectivity index (χ2n) is 8.14. The Labute approximate surface area is 186 Å². The molecule has 4 N–H and O–H groups in total. The Balaban J connectivity index is 1.49. The zero-order valence-electron chi connectivity index (χ0n) is 17.5. The van der Waals surface area contributed by atoms with Crippen LogP contribution in [0.1, 0.15) is 19.4 Å². The minimum absolute atomic E-state index is 0.392. The van der Waals surface area contributed by atoms with Crippen molar-refractivity contribution >= 4 is 34.3 Å². The second kappa shape index (κ2) is 8.49. The number of nitrogens with zero attached hydrogens (tertiary/aromatic N) is 2. The highest BCUT2D eigenvalue weighted by Crippen LogP contribution is 2.26. The van der Waals surface area contributed by atoms with Gasteiger partial charge in [-0.25, -0.2) is 4.98 Å². The predicted molar refractivity (Wildman–Crippen MR) is 126 cm³/mol. The van der Waals surface area contributed by atoms with Crippen molar-refractivity contribution in [2.45, 2.75) is 32.5 Å². The SMILES string of the molecule is CC(C)(O)Cn1c(NCc2ccc(Oc3ccc(Cl)cc3)cc2)nc2ccc(N)cc21. The molecule has 0 fully saturated rings. The van der Waals surface area contributed by atoms with Crippen LogP contribution in [-0.2, 0) is 13.1 Å². The van der Waals surface area contributed by atoms with E-state index in [1.165, 1.54) is 0 Å². The first-order valence-electron chi connectivity index (χ1n) is 10.0. The smallest absolute Gasteiger partial charge is 0.204 e. The number of hydrogen-bond donors (Lipinski definition) is 3. The zero-order valence-corrected chi connectivity index (χ0v) is 18.2.